The Kier molecular flexibility index (Phi) is 8.56. The van der Waals surface area contributed by atoms with Crippen molar-refractivity contribution in [1.82, 2.24) is 8.61 Å². The first-order valence-electron chi connectivity index (χ1n) is 11.5. The Bertz CT molecular complexity index is 1330. The minimum absolute atomic E-state index is 0.0244. The van der Waals surface area contributed by atoms with Gasteiger partial charge in [-0.1, -0.05) is 6.07 Å². The van der Waals surface area contributed by atoms with Gasteiger partial charge in [-0.2, -0.15) is 8.61 Å². The second-order valence-electron chi connectivity index (χ2n) is 8.21. The number of nitrogens with zero attached hydrogens (tertiary/aromatic N) is 2. The highest BCUT2D eigenvalue weighted by atomic mass is 32.2. The van der Waals surface area contributed by atoms with Crippen molar-refractivity contribution in [2.75, 3.05) is 64.5 Å². The highest BCUT2D eigenvalue weighted by molar-refractivity contribution is 7.89. The van der Waals surface area contributed by atoms with Crippen LogP contribution in [-0.4, -0.2) is 96.5 Å². The molecule has 0 aromatic heterocycles. The molecule has 0 unspecified atom stereocenters. The zero-order chi connectivity index (χ0) is 26.5. The third-order valence-electron chi connectivity index (χ3n) is 5.76. The van der Waals surface area contributed by atoms with Crippen LogP contribution in [0.1, 0.15) is 10.4 Å². The smallest absolute Gasteiger partial charge is 0.338 e. The molecule has 1 N–H and O–H groups in total. The lowest BCUT2D eigenvalue weighted by atomic mass is 10.2. The minimum Gasteiger partial charge on any atom is -0.452 e. The lowest BCUT2D eigenvalue weighted by Gasteiger charge is -2.26. The van der Waals surface area contributed by atoms with Crippen molar-refractivity contribution in [3.8, 4) is 0 Å². The lowest BCUT2D eigenvalue weighted by Crippen LogP contribution is -2.40. The molecule has 1 amide bonds. The zero-order valence-electron chi connectivity index (χ0n) is 19.9. The van der Waals surface area contributed by atoms with E-state index in [1.165, 1.54) is 57.1 Å². The third kappa shape index (κ3) is 6.52. The monoisotopic (exact) mass is 553 g/mol. The maximum absolute atomic E-state index is 12.8. The molecule has 0 bridgehead atoms. The Morgan fingerprint density at radius 1 is 0.784 bits per heavy atom. The molecule has 4 rings (SSSR count). The maximum atomic E-state index is 12.8. The van der Waals surface area contributed by atoms with E-state index in [0.717, 1.165) is 0 Å². The number of amides is 1. The first-order chi connectivity index (χ1) is 17.7. The number of carbonyl (C=O) groups is 2. The van der Waals surface area contributed by atoms with Gasteiger partial charge in [-0.05, 0) is 42.5 Å². The number of morpholine rings is 2. The molecule has 2 aromatic rings. The zero-order valence-corrected chi connectivity index (χ0v) is 21.5. The summed E-state index contributed by atoms with van der Waals surface area (Å²) in [5.41, 5.74) is 0.306. The van der Waals surface area contributed by atoms with Gasteiger partial charge in [-0.15, -0.1) is 0 Å². The maximum Gasteiger partial charge on any atom is 0.338 e. The molecule has 0 radical (unpaired) electrons. The number of ether oxygens (including phenoxy) is 3. The molecule has 0 aliphatic carbocycles. The first kappa shape index (κ1) is 27.2. The van der Waals surface area contributed by atoms with Crippen LogP contribution in [0, 0.1) is 0 Å². The van der Waals surface area contributed by atoms with Crippen LogP contribution in [0.5, 0.6) is 0 Å². The Morgan fingerprint density at radius 2 is 1.32 bits per heavy atom. The first-order valence-corrected chi connectivity index (χ1v) is 14.4. The molecular weight excluding hydrogens is 526 g/mol. The molecule has 12 nitrogen and oxygen atoms in total. The van der Waals surface area contributed by atoms with Crippen LogP contribution in [0.3, 0.4) is 0 Å². The molecule has 2 fully saturated rings. The average Bonchev–Trinajstić information content (AvgIpc) is 2.93. The summed E-state index contributed by atoms with van der Waals surface area (Å²) in [7, 11) is -7.44. The number of sulfonamides is 2. The van der Waals surface area contributed by atoms with Gasteiger partial charge in [0, 0.05) is 31.9 Å². The van der Waals surface area contributed by atoms with Gasteiger partial charge in [0.25, 0.3) is 5.91 Å². The molecule has 0 saturated carbocycles. The molecule has 0 atom stereocenters. The fourth-order valence-corrected chi connectivity index (χ4v) is 6.64. The SMILES string of the molecule is O=C(COC(=O)c1ccc(S(=O)(=O)N2CCOCC2)cc1)Nc1cccc(S(=O)(=O)N2CCOCC2)c1. The van der Waals surface area contributed by atoms with Crippen LogP contribution in [0.15, 0.2) is 58.3 Å². The van der Waals surface area contributed by atoms with Crippen molar-refractivity contribution in [3.63, 3.8) is 0 Å². The van der Waals surface area contributed by atoms with Gasteiger partial charge in [0.05, 0.1) is 41.8 Å². The van der Waals surface area contributed by atoms with Crippen molar-refractivity contribution in [1.29, 1.82) is 0 Å². The third-order valence-corrected chi connectivity index (χ3v) is 9.57. The molecule has 0 spiro atoms. The average molecular weight is 554 g/mol. The number of hydrogen-bond donors (Lipinski definition) is 1. The largest absolute Gasteiger partial charge is 0.452 e. The number of rotatable bonds is 8. The summed E-state index contributed by atoms with van der Waals surface area (Å²) in [4.78, 5) is 24.7. The molecule has 2 aromatic carbocycles. The van der Waals surface area contributed by atoms with Crippen molar-refractivity contribution in [3.05, 3.63) is 54.1 Å². The van der Waals surface area contributed by atoms with Crippen LogP contribution >= 0.6 is 0 Å². The van der Waals surface area contributed by atoms with E-state index in [1.807, 2.05) is 0 Å². The van der Waals surface area contributed by atoms with E-state index in [1.54, 1.807) is 0 Å². The van der Waals surface area contributed by atoms with Crippen LogP contribution in [0.4, 0.5) is 5.69 Å². The standard InChI is InChI=1S/C23H27N3O9S2/c27-22(24-19-2-1-3-21(16-19)37(31,32)26-10-14-34-15-11-26)17-35-23(28)18-4-6-20(7-5-18)36(29,30)25-8-12-33-13-9-25/h1-7,16H,8-15,17H2,(H,24,27). The lowest BCUT2D eigenvalue weighted by molar-refractivity contribution is -0.119. The van der Waals surface area contributed by atoms with Crippen LogP contribution in [0.2, 0.25) is 0 Å². The van der Waals surface area contributed by atoms with E-state index in [4.69, 9.17) is 14.2 Å². The second kappa shape index (κ2) is 11.7. The molecule has 2 aliphatic rings. The van der Waals surface area contributed by atoms with E-state index >= 15 is 0 Å². The summed E-state index contributed by atoms with van der Waals surface area (Å²) in [5.74, 6) is -1.48. The number of esters is 1. The normalized spacial score (nSPS) is 17.7. The van der Waals surface area contributed by atoms with Crippen LogP contribution in [0.25, 0.3) is 0 Å². The van der Waals surface area contributed by atoms with Crippen molar-refractivity contribution < 1.29 is 40.6 Å². The van der Waals surface area contributed by atoms with Crippen molar-refractivity contribution >= 4 is 37.6 Å². The predicted octanol–water partition coefficient (Wildman–Crippen LogP) is 0.524. The number of benzene rings is 2. The Morgan fingerprint density at radius 3 is 1.89 bits per heavy atom. The molecule has 2 saturated heterocycles. The molecule has 200 valence electrons. The predicted molar refractivity (Wildman–Crippen MR) is 131 cm³/mol. The summed E-state index contributed by atoms with van der Waals surface area (Å²) in [6.45, 7) is 1.64. The number of nitrogens with one attached hydrogen (secondary N) is 1. The number of anilines is 1. The van der Waals surface area contributed by atoms with E-state index in [-0.39, 0.29) is 47.2 Å². The number of hydrogen-bond acceptors (Lipinski definition) is 9. The Hall–Kier alpha value is -2.88. The topological polar surface area (TPSA) is 149 Å². The summed E-state index contributed by atoms with van der Waals surface area (Å²) in [5, 5.41) is 2.51. The molecule has 37 heavy (non-hydrogen) atoms. The number of carbonyl (C=O) groups excluding carboxylic acids is 2. The van der Waals surface area contributed by atoms with E-state index in [0.29, 0.717) is 26.4 Å². The Labute approximate surface area is 215 Å². The molecule has 2 aliphatic heterocycles. The summed E-state index contributed by atoms with van der Waals surface area (Å²) in [6, 6.07) is 11.0. The molecular formula is C23H27N3O9S2. The highest BCUT2D eigenvalue weighted by Gasteiger charge is 2.27. The van der Waals surface area contributed by atoms with E-state index in [9.17, 15) is 26.4 Å². The van der Waals surface area contributed by atoms with Crippen molar-refractivity contribution in [2.24, 2.45) is 0 Å². The Balaban J connectivity index is 1.32. The fourth-order valence-electron chi connectivity index (χ4n) is 3.78. The molecule has 14 heteroatoms. The van der Waals surface area contributed by atoms with Crippen LogP contribution in [-0.2, 0) is 39.1 Å². The van der Waals surface area contributed by atoms with E-state index < -0.39 is 38.5 Å². The van der Waals surface area contributed by atoms with Gasteiger partial charge in [-0.3, -0.25) is 4.79 Å². The quantitative estimate of drug-likeness (QED) is 0.462. The van der Waals surface area contributed by atoms with Gasteiger partial charge in [0.1, 0.15) is 0 Å². The van der Waals surface area contributed by atoms with E-state index in [2.05, 4.69) is 5.32 Å². The van der Waals surface area contributed by atoms with Gasteiger partial charge < -0.3 is 19.5 Å². The fraction of sp³-hybridized carbons (Fsp3) is 0.391. The summed E-state index contributed by atoms with van der Waals surface area (Å²) in [6.07, 6.45) is 0. The van der Waals surface area contributed by atoms with Gasteiger partial charge in [0.15, 0.2) is 6.61 Å². The molecule has 2 heterocycles. The summed E-state index contributed by atoms with van der Waals surface area (Å²) >= 11 is 0. The van der Waals surface area contributed by atoms with Crippen molar-refractivity contribution in [2.45, 2.75) is 9.79 Å². The highest BCUT2D eigenvalue weighted by Crippen LogP contribution is 2.21. The van der Waals surface area contributed by atoms with Gasteiger partial charge >= 0.3 is 5.97 Å². The second-order valence-corrected chi connectivity index (χ2v) is 12.1. The van der Waals surface area contributed by atoms with Gasteiger partial charge in [0.2, 0.25) is 20.0 Å². The summed E-state index contributed by atoms with van der Waals surface area (Å²) < 4.78 is 69.0. The minimum atomic E-state index is -3.74. The van der Waals surface area contributed by atoms with Gasteiger partial charge in [-0.25, -0.2) is 21.6 Å². The van der Waals surface area contributed by atoms with Crippen LogP contribution < -0.4 is 5.32 Å².